The third-order valence-corrected chi connectivity index (χ3v) is 12.5. The number of carboxylic acid groups (broad SMARTS) is 1. The molecule has 3 fully saturated rings. The van der Waals surface area contributed by atoms with Crippen molar-refractivity contribution < 1.29 is 38.5 Å². The zero-order valence-electron chi connectivity index (χ0n) is 26.3. The van der Waals surface area contributed by atoms with E-state index in [1.807, 2.05) is 19.1 Å². The third kappa shape index (κ3) is 5.64. The summed E-state index contributed by atoms with van der Waals surface area (Å²) in [6.45, 7) is 2.08. The van der Waals surface area contributed by atoms with E-state index in [-0.39, 0.29) is 77.5 Å². The van der Waals surface area contributed by atoms with Crippen LogP contribution in [0.4, 0.5) is 5.69 Å². The van der Waals surface area contributed by atoms with E-state index in [9.17, 15) is 24.0 Å². The Hall–Kier alpha value is -4.30. The van der Waals surface area contributed by atoms with Crippen LogP contribution in [0.1, 0.15) is 42.5 Å². The van der Waals surface area contributed by atoms with Gasteiger partial charge in [0, 0.05) is 34.7 Å². The maximum Gasteiger partial charge on any atom is 0.305 e. The van der Waals surface area contributed by atoms with Gasteiger partial charge in [0.1, 0.15) is 5.75 Å². The fourth-order valence-electron chi connectivity index (χ4n) is 8.18. The molecule has 4 aliphatic rings. The number of aliphatic carboxylic acids is 1. The number of H-pyrrole nitrogens is 1. The molecule has 3 amide bonds. The number of hydrogen-bond donors (Lipinski definition) is 3. The number of aromatic amines is 1. The van der Waals surface area contributed by atoms with E-state index in [0.29, 0.717) is 29.5 Å². The van der Waals surface area contributed by atoms with Gasteiger partial charge in [-0.15, -0.1) is 11.8 Å². The summed E-state index contributed by atoms with van der Waals surface area (Å²) >= 11 is 2.77. The first-order valence-electron chi connectivity index (χ1n) is 16.0. The quantitative estimate of drug-likeness (QED) is 0.234. The van der Waals surface area contributed by atoms with Crippen molar-refractivity contribution in [1.29, 1.82) is 0 Å². The summed E-state index contributed by atoms with van der Waals surface area (Å²) in [5.41, 5.74) is 1.51. The van der Waals surface area contributed by atoms with Crippen LogP contribution in [0.25, 0.3) is 0 Å². The van der Waals surface area contributed by atoms with Crippen LogP contribution in [-0.2, 0) is 19.2 Å². The maximum atomic E-state index is 13.7. The van der Waals surface area contributed by atoms with E-state index in [4.69, 9.17) is 19.3 Å². The first-order chi connectivity index (χ1) is 23.2. The lowest BCUT2D eigenvalue weighted by atomic mass is 9.68. The maximum absolute atomic E-state index is 13.7. The predicted octanol–water partition coefficient (Wildman–Crippen LogP) is 4.20. The Kier molecular flexibility index (Phi) is 8.71. The van der Waals surface area contributed by atoms with Gasteiger partial charge in [0.2, 0.25) is 11.8 Å². The van der Waals surface area contributed by atoms with Crippen molar-refractivity contribution in [3.8, 4) is 17.2 Å². The fourth-order valence-corrected chi connectivity index (χ4v) is 11.1. The Balaban J connectivity index is 1.15. The second-order valence-corrected chi connectivity index (χ2v) is 14.7. The van der Waals surface area contributed by atoms with E-state index in [2.05, 4.69) is 10.3 Å². The first kappa shape index (κ1) is 32.3. The number of hydrogen-bond acceptors (Lipinski definition) is 10. The highest BCUT2D eigenvalue weighted by atomic mass is 32.2. The Morgan fingerprint density at radius 2 is 1.77 bits per heavy atom. The van der Waals surface area contributed by atoms with Crippen molar-refractivity contribution >= 4 is 52.5 Å². The molecule has 7 atom stereocenters. The van der Waals surface area contributed by atoms with Gasteiger partial charge in [-0.3, -0.25) is 28.9 Å². The SMILES string of the molecule is CCOc1cc([C@H]2c3sc(=O)[nH]c3SC3C4CC(C5C(=O)N(CCCC(=O)O)C(=O)C45)C32)ccc1OCC(=O)Nc1ccc(OC)cc1. The summed E-state index contributed by atoms with van der Waals surface area (Å²) in [5.74, 6) is -1.37. The van der Waals surface area contributed by atoms with Crippen molar-refractivity contribution in [1.82, 2.24) is 9.88 Å². The molecule has 0 radical (unpaired) electrons. The van der Waals surface area contributed by atoms with Gasteiger partial charge in [-0.2, -0.15) is 0 Å². The standard InChI is InChI=1S/C34H35N3O9S2/c1-3-45-22-13-16(6-11-21(22)46-15-23(38)35-17-7-9-18(44-2)10-8-17)25-26-19-14-20(29(26)47-31-30(25)48-34(43)36-31)28-27(19)32(41)37(33(28)42)12-4-5-24(39)40/h6-11,13,19-20,25-29H,3-5,12,14-15H2,1-2H3,(H,35,38)(H,36,43)(H,39,40)/t19?,20?,25-,26?,27?,28?,29?/m1/s1. The fraction of sp³-hybridized carbons (Fsp3) is 0.441. The summed E-state index contributed by atoms with van der Waals surface area (Å²) in [4.78, 5) is 68.7. The van der Waals surface area contributed by atoms with Gasteiger partial charge in [-0.05, 0) is 79.5 Å². The Labute approximate surface area is 284 Å². The molecule has 0 spiro atoms. The number of ether oxygens (including phenoxy) is 3. The Bertz CT molecular complexity index is 1820. The van der Waals surface area contributed by atoms with Gasteiger partial charge >= 0.3 is 10.8 Å². The number of anilines is 1. The minimum atomic E-state index is -0.959. The summed E-state index contributed by atoms with van der Waals surface area (Å²) in [5, 5.41) is 12.7. The molecule has 3 N–H and O–H groups in total. The summed E-state index contributed by atoms with van der Waals surface area (Å²) in [6.07, 6.45) is 0.865. The third-order valence-electron chi connectivity index (χ3n) is 9.95. The summed E-state index contributed by atoms with van der Waals surface area (Å²) in [7, 11) is 1.57. The summed E-state index contributed by atoms with van der Waals surface area (Å²) < 4.78 is 17.1. The molecule has 3 heterocycles. The smallest absolute Gasteiger partial charge is 0.305 e. The molecule has 2 aliphatic heterocycles. The van der Waals surface area contributed by atoms with Crippen molar-refractivity contribution in [3.63, 3.8) is 0 Å². The Morgan fingerprint density at radius 1 is 1.02 bits per heavy atom. The van der Waals surface area contributed by atoms with Crippen LogP contribution in [0.3, 0.4) is 0 Å². The molecular weight excluding hydrogens is 659 g/mol. The average Bonchev–Trinajstić information content (AvgIpc) is 3.80. The number of thiazole rings is 1. The minimum Gasteiger partial charge on any atom is -0.497 e. The van der Waals surface area contributed by atoms with Crippen LogP contribution >= 0.6 is 23.1 Å². The van der Waals surface area contributed by atoms with Crippen LogP contribution in [0, 0.1) is 29.6 Å². The first-order valence-corrected chi connectivity index (χ1v) is 17.7. The van der Waals surface area contributed by atoms with E-state index in [0.717, 1.165) is 21.9 Å². The monoisotopic (exact) mass is 693 g/mol. The van der Waals surface area contributed by atoms with E-state index in [1.54, 1.807) is 49.2 Å². The number of methoxy groups -OCH3 is 1. The molecule has 1 aromatic heterocycles. The number of amides is 3. The van der Waals surface area contributed by atoms with Crippen molar-refractivity contribution in [2.24, 2.45) is 29.6 Å². The highest BCUT2D eigenvalue weighted by Gasteiger charge is 2.69. The van der Waals surface area contributed by atoms with E-state index >= 15 is 0 Å². The predicted molar refractivity (Wildman–Crippen MR) is 177 cm³/mol. The van der Waals surface area contributed by atoms with Crippen molar-refractivity contribution in [2.75, 3.05) is 32.2 Å². The zero-order chi connectivity index (χ0) is 33.7. The van der Waals surface area contributed by atoms with Gasteiger partial charge in [-0.1, -0.05) is 17.4 Å². The summed E-state index contributed by atoms with van der Waals surface area (Å²) in [6, 6.07) is 12.6. The molecule has 252 valence electrons. The van der Waals surface area contributed by atoms with E-state index < -0.39 is 17.8 Å². The molecule has 2 aromatic carbocycles. The van der Waals surface area contributed by atoms with Gasteiger partial charge < -0.3 is 29.6 Å². The van der Waals surface area contributed by atoms with Gasteiger partial charge in [0.05, 0.1) is 30.6 Å². The normalized spacial score (nSPS) is 26.5. The Morgan fingerprint density at radius 3 is 2.48 bits per heavy atom. The lowest BCUT2D eigenvalue weighted by Crippen LogP contribution is -2.42. The molecule has 14 heteroatoms. The number of aromatic nitrogens is 1. The molecule has 3 aromatic rings. The molecule has 12 nitrogen and oxygen atoms in total. The van der Waals surface area contributed by atoms with Gasteiger partial charge in [-0.25, -0.2) is 0 Å². The van der Waals surface area contributed by atoms with Crippen LogP contribution in [0.5, 0.6) is 17.2 Å². The molecular formula is C34H35N3O9S2. The second kappa shape index (κ2) is 13.0. The molecule has 1 saturated heterocycles. The van der Waals surface area contributed by atoms with Gasteiger partial charge in [0.25, 0.3) is 5.91 Å². The van der Waals surface area contributed by atoms with Crippen LogP contribution in [0.2, 0.25) is 0 Å². The lowest BCUT2D eigenvalue weighted by Gasteiger charge is -2.43. The second-order valence-electron chi connectivity index (χ2n) is 12.5. The number of carbonyl (C=O) groups is 4. The van der Waals surface area contributed by atoms with Crippen LogP contribution in [0.15, 0.2) is 52.3 Å². The molecule has 7 rings (SSSR count). The van der Waals surface area contributed by atoms with E-state index in [1.165, 1.54) is 16.2 Å². The van der Waals surface area contributed by atoms with Crippen LogP contribution < -0.4 is 24.4 Å². The highest BCUT2D eigenvalue weighted by molar-refractivity contribution is 8.00. The molecule has 2 bridgehead atoms. The largest absolute Gasteiger partial charge is 0.497 e. The number of thioether (sulfide) groups is 1. The molecule has 2 aliphatic carbocycles. The minimum absolute atomic E-state index is 0.00700. The average molecular weight is 694 g/mol. The molecule has 48 heavy (non-hydrogen) atoms. The number of rotatable bonds is 12. The number of benzene rings is 2. The zero-order valence-corrected chi connectivity index (χ0v) is 27.9. The highest BCUT2D eigenvalue weighted by Crippen LogP contribution is 2.68. The number of fused-ring (bicyclic) bond motifs is 9. The van der Waals surface area contributed by atoms with Gasteiger partial charge in [0.15, 0.2) is 18.1 Å². The number of carboxylic acids is 1. The number of nitrogens with one attached hydrogen (secondary N) is 2. The molecule has 2 saturated carbocycles. The number of nitrogens with zero attached hydrogens (tertiary/aromatic N) is 1. The number of imide groups is 1. The lowest BCUT2D eigenvalue weighted by molar-refractivity contribution is -0.142. The number of likely N-dealkylation sites (tertiary alicyclic amines) is 1. The topological polar surface area (TPSA) is 164 Å². The molecule has 6 unspecified atom stereocenters. The van der Waals surface area contributed by atoms with Crippen molar-refractivity contribution in [3.05, 3.63) is 62.6 Å². The van der Waals surface area contributed by atoms with Crippen LogP contribution in [-0.4, -0.2) is 70.8 Å². The van der Waals surface area contributed by atoms with Crippen molar-refractivity contribution in [2.45, 2.75) is 42.4 Å². The number of carbonyl (C=O) groups excluding carboxylic acids is 3.